The Morgan fingerprint density at radius 2 is 1.65 bits per heavy atom. The zero-order valence-corrected chi connectivity index (χ0v) is 24.2. The number of methoxy groups -OCH3 is 1. The molecule has 0 aromatic rings. The number of fused-ring (bicyclic) bond motifs is 7. The molecule has 37 heavy (non-hydrogen) atoms. The molecule has 5 heteroatoms. The number of hydrogen-bond acceptors (Lipinski definition) is 5. The number of allylic oxidation sites excluding steroid dienone is 2. The van der Waals surface area contributed by atoms with Crippen molar-refractivity contribution in [2.45, 2.75) is 99.8 Å². The summed E-state index contributed by atoms with van der Waals surface area (Å²) in [6, 6.07) is 2.23. The van der Waals surface area contributed by atoms with Gasteiger partial charge < -0.3 is 10.1 Å². The second-order valence-electron chi connectivity index (χ2n) is 15.4. The third-order valence-electron chi connectivity index (χ3n) is 13.1. The first kappa shape index (κ1) is 26.6. The molecule has 5 rings (SSSR count). The molecule has 0 bridgehead atoms. The van der Waals surface area contributed by atoms with Crippen LogP contribution in [0.2, 0.25) is 0 Å². The van der Waals surface area contributed by atoms with Gasteiger partial charge in [-0.25, -0.2) is 0 Å². The zero-order valence-electron chi connectivity index (χ0n) is 24.2. The molecule has 8 atom stereocenters. The highest BCUT2D eigenvalue weighted by Crippen LogP contribution is 2.75. The topological polar surface area (TPSA) is 91.0 Å². The Labute approximate surface area is 223 Å². The molecule has 5 aliphatic rings. The number of rotatable bonds is 1. The van der Waals surface area contributed by atoms with Crippen LogP contribution in [0, 0.1) is 72.9 Å². The first-order chi connectivity index (χ1) is 17.0. The van der Waals surface area contributed by atoms with Gasteiger partial charge in [0.1, 0.15) is 6.07 Å². The van der Waals surface area contributed by atoms with E-state index in [1.165, 1.54) is 7.11 Å². The second-order valence-corrected chi connectivity index (χ2v) is 15.4. The Kier molecular flexibility index (Phi) is 5.61. The summed E-state index contributed by atoms with van der Waals surface area (Å²) in [6.07, 6.45) is 9.21. The molecular weight excluding hydrogens is 460 g/mol. The van der Waals surface area contributed by atoms with Gasteiger partial charge in [-0.3, -0.25) is 9.59 Å². The summed E-state index contributed by atoms with van der Waals surface area (Å²) in [6.45, 7) is 15.8. The molecule has 0 amide bonds. The number of nitriles is 1. The summed E-state index contributed by atoms with van der Waals surface area (Å²) in [7, 11) is 1.53. The van der Waals surface area contributed by atoms with Crippen LogP contribution in [0.25, 0.3) is 0 Å². The van der Waals surface area contributed by atoms with Crippen LogP contribution < -0.4 is 0 Å². The van der Waals surface area contributed by atoms with Gasteiger partial charge in [-0.1, -0.05) is 54.5 Å². The molecule has 0 aromatic carbocycles. The first-order valence-electron chi connectivity index (χ1n) is 14.4. The Bertz CT molecular complexity index is 1140. The van der Waals surface area contributed by atoms with Crippen molar-refractivity contribution in [2.75, 3.05) is 7.11 Å². The standard InChI is InChI=1S/C32H46N2O3/c1-27(2)11-13-32(26(36)37-8)14-12-31(7)24(20(32)17-27)21(34)15-23-29(5)16-19(18-33)25(35)28(3,4)22(29)9-10-30(23,31)6/h16,20,22-24,34H,9-15,17H2,1-8H3/t20-,22?,23+,24-,29-,30+,31+,32-/m0/s1. The lowest BCUT2D eigenvalue weighted by Crippen LogP contribution is -2.69. The summed E-state index contributed by atoms with van der Waals surface area (Å²) in [5, 5.41) is 19.5. The molecule has 1 N–H and O–H groups in total. The monoisotopic (exact) mass is 506 g/mol. The largest absolute Gasteiger partial charge is 0.469 e. The number of hydrogen-bond donors (Lipinski definition) is 1. The van der Waals surface area contributed by atoms with Crippen LogP contribution in [0.1, 0.15) is 99.8 Å². The fourth-order valence-electron chi connectivity index (χ4n) is 10.9. The third kappa shape index (κ3) is 3.17. The van der Waals surface area contributed by atoms with Crippen LogP contribution in [-0.4, -0.2) is 24.6 Å². The van der Waals surface area contributed by atoms with Gasteiger partial charge in [0.25, 0.3) is 0 Å². The highest BCUT2D eigenvalue weighted by Gasteiger charge is 2.72. The van der Waals surface area contributed by atoms with E-state index in [0.29, 0.717) is 12.0 Å². The average Bonchev–Trinajstić information content (AvgIpc) is 2.82. The van der Waals surface area contributed by atoms with Gasteiger partial charge in [0.15, 0.2) is 5.78 Å². The molecule has 5 nitrogen and oxygen atoms in total. The normalized spacial score (nSPS) is 47.8. The quantitative estimate of drug-likeness (QED) is 0.391. The lowest BCUT2D eigenvalue weighted by Gasteiger charge is -2.72. The van der Waals surface area contributed by atoms with E-state index in [1.807, 2.05) is 19.9 Å². The van der Waals surface area contributed by atoms with Gasteiger partial charge in [-0.05, 0) is 90.8 Å². The van der Waals surface area contributed by atoms with Crippen molar-refractivity contribution < 1.29 is 14.3 Å². The maximum absolute atomic E-state index is 13.4. The molecular formula is C32H46N2O3. The van der Waals surface area contributed by atoms with Crippen molar-refractivity contribution in [3.8, 4) is 6.07 Å². The number of ketones is 1. The van der Waals surface area contributed by atoms with Gasteiger partial charge in [0.2, 0.25) is 0 Å². The van der Waals surface area contributed by atoms with E-state index in [1.54, 1.807) is 0 Å². The van der Waals surface area contributed by atoms with Crippen LogP contribution in [0.3, 0.4) is 0 Å². The molecule has 4 fully saturated rings. The van der Waals surface area contributed by atoms with Crippen LogP contribution >= 0.6 is 0 Å². The van der Waals surface area contributed by atoms with Crippen LogP contribution in [0.4, 0.5) is 0 Å². The maximum atomic E-state index is 13.4. The van der Waals surface area contributed by atoms with Crippen molar-refractivity contribution in [1.29, 1.82) is 10.7 Å². The predicted octanol–water partition coefficient (Wildman–Crippen LogP) is 6.91. The second kappa shape index (κ2) is 7.80. The summed E-state index contributed by atoms with van der Waals surface area (Å²) in [5.41, 5.74) is -0.348. The minimum Gasteiger partial charge on any atom is -0.469 e. The number of esters is 1. The minimum atomic E-state index is -0.587. The Morgan fingerprint density at radius 1 is 1.00 bits per heavy atom. The van der Waals surface area contributed by atoms with Crippen molar-refractivity contribution in [1.82, 2.24) is 0 Å². The minimum absolute atomic E-state index is 0.0268. The predicted molar refractivity (Wildman–Crippen MR) is 144 cm³/mol. The molecule has 4 saturated carbocycles. The molecule has 202 valence electrons. The maximum Gasteiger partial charge on any atom is 0.312 e. The van der Waals surface area contributed by atoms with Crippen LogP contribution in [0.15, 0.2) is 11.6 Å². The van der Waals surface area contributed by atoms with Gasteiger partial charge in [-0.2, -0.15) is 5.26 Å². The zero-order chi connectivity index (χ0) is 27.4. The summed E-state index contributed by atoms with van der Waals surface area (Å²) in [4.78, 5) is 26.7. The van der Waals surface area contributed by atoms with E-state index in [0.717, 1.165) is 50.7 Å². The Morgan fingerprint density at radius 3 is 2.27 bits per heavy atom. The van der Waals surface area contributed by atoms with Crippen LogP contribution in [-0.2, 0) is 14.3 Å². The SMILES string of the molecule is COC(=O)[C@]12CCC(C)(C)C[C@H]1[C@H]1C(=N)C[C@@H]3[C@@]4(C)C=C(C#N)C(=O)C(C)(C)C4CC[C@@]3(C)[C@]1(C)CC2. The lowest BCUT2D eigenvalue weighted by molar-refractivity contribution is -0.207. The molecule has 0 radical (unpaired) electrons. The number of carbonyl (C=O) groups excluding carboxylic acids is 2. The number of nitrogens with one attached hydrogen (secondary N) is 1. The molecule has 5 aliphatic carbocycles. The van der Waals surface area contributed by atoms with E-state index in [2.05, 4.69) is 40.7 Å². The molecule has 0 aliphatic heterocycles. The van der Waals surface area contributed by atoms with E-state index in [9.17, 15) is 20.3 Å². The molecule has 0 aromatic heterocycles. The number of nitrogens with zero attached hydrogens (tertiary/aromatic N) is 1. The number of Topliss-reactive ketones (excluding diaryl/α,β-unsaturated/α-hetero) is 1. The first-order valence-corrected chi connectivity index (χ1v) is 14.4. The lowest BCUT2D eigenvalue weighted by atomic mass is 9.31. The highest BCUT2D eigenvalue weighted by atomic mass is 16.5. The molecule has 0 saturated heterocycles. The van der Waals surface area contributed by atoms with Crippen LogP contribution in [0.5, 0.6) is 0 Å². The average molecular weight is 507 g/mol. The number of carbonyl (C=O) groups is 2. The van der Waals surface area contributed by atoms with E-state index >= 15 is 0 Å². The van der Waals surface area contributed by atoms with Crippen molar-refractivity contribution in [3.63, 3.8) is 0 Å². The fourth-order valence-corrected chi connectivity index (χ4v) is 10.9. The highest BCUT2D eigenvalue weighted by molar-refractivity contribution is 6.04. The van der Waals surface area contributed by atoms with Crippen molar-refractivity contribution in [2.24, 2.45) is 56.2 Å². The third-order valence-corrected chi connectivity index (χ3v) is 13.1. The smallest absolute Gasteiger partial charge is 0.312 e. The summed E-state index contributed by atoms with van der Waals surface area (Å²) < 4.78 is 5.46. The van der Waals surface area contributed by atoms with E-state index in [4.69, 9.17) is 4.74 Å². The van der Waals surface area contributed by atoms with E-state index in [-0.39, 0.29) is 57.1 Å². The van der Waals surface area contributed by atoms with Gasteiger partial charge in [-0.15, -0.1) is 0 Å². The molecule has 0 heterocycles. The number of ether oxygens (including phenoxy) is 1. The van der Waals surface area contributed by atoms with Crippen molar-refractivity contribution >= 4 is 17.5 Å². The molecule has 0 spiro atoms. The Balaban J connectivity index is 1.65. The summed E-state index contributed by atoms with van der Waals surface area (Å²) >= 11 is 0. The fraction of sp³-hybridized carbons (Fsp3) is 0.812. The van der Waals surface area contributed by atoms with Crippen molar-refractivity contribution in [3.05, 3.63) is 11.6 Å². The Hall–Kier alpha value is -1.96. The van der Waals surface area contributed by atoms with Gasteiger partial charge >= 0.3 is 5.97 Å². The van der Waals surface area contributed by atoms with E-state index < -0.39 is 10.8 Å². The molecule has 1 unspecified atom stereocenters. The summed E-state index contributed by atoms with van der Waals surface area (Å²) in [5.74, 6) is 0.417. The van der Waals surface area contributed by atoms with Gasteiger partial charge in [0, 0.05) is 17.0 Å². The van der Waals surface area contributed by atoms with Gasteiger partial charge in [0.05, 0.1) is 18.1 Å².